The molecule has 50 heteroatoms. The predicted molar refractivity (Wildman–Crippen MR) is 364 cm³/mol. The molecule has 9 aromatic carbocycles. The van der Waals surface area contributed by atoms with Gasteiger partial charge in [-0.15, -0.1) is 20.5 Å². The molecule has 0 saturated carbocycles. The van der Waals surface area contributed by atoms with Gasteiger partial charge in [0.2, 0.25) is 34.4 Å². The van der Waals surface area contributed by atoms with Crippen LogP contribution in [0.15, 0.2) is 181 Å². The Morgan fingerprint density at radius 3 is 1.14 bits per heavy atom. The van der Waals surface area contributed by atoms with E-state index in [4.69, 9.17) is 23.2 Å². The highest BCUT2D eigenvalue weighted by molar-refractivity contribution is 7.88. The second-order valence-electron chi connectivity index (χ2n) is 21.4. The molecule has 0 spiro atoms. The van der Waals surface area contributed by atoms with Gasteiger partial charge in [0, 0.05) is 62.4 Å². The fourth-order valence-corrected chi connectivity index (χ4v) is 16.9. The summed E-state index contributed by atoms with van der Waals surface area (Å²) >= 11 is 12.6. The lowest BCUT2D eigenvalue weighted by molar-refractivity contribution is 0.471. The lowest BCUT2D eigenvalue weighted by Gasteiger charge is -2.19. The normalized spacial score (nSPS) is 13.0. The molecule has 0 fully saturated rings. The van der Waals surface area contributed by atoms with Crippen molar-refractivity contribution in [3.8, 4) is 11.5 Å². The quantitative estimate of drug-likeness (QED) is 0.0235. The van der Waals surface area contributed by atoms with Gasteiger partial charge in [0.05, 0.1) is 11.4 Å². The van der Waals surface area contributed by atoms with Gasteiger partial charge in [-0.1, -0.05) is 48.5 Å². The first-order chi connectivity index (χ1) is 48.2. The maximum absolute atomic E-state index is 13.2. The van der Waals surface area contributed by atoms with E-state index < -0.39 is 231 Å². The molecule has 0 aliphatic heterocycles. The molecule has 2 heterocycles. The molecule has 2 aromatic heterocycles. The molecule has 0 aliphatic carbocycles. The van der Waals surface area contributed by atoms with Crippen molar-refractivity contribution in [2.75, 3.05) is 27.9 Å². The van der Waals surface area contributed by atoms with Crippen molar-refractivity contribution in [1.82, 2.24) is 29.9 Å². The fraction of sp³-hybridized carbons (Fsp3) is 0.0370. The van der Waals surface area contributed by atoms with Crippen LogP contribution in [-0.4, -0.2) is 151 Å². The summed E-state index contributed by atoms with van der Waals surface area (Å²) < 4.78 is 286. The molecule has 40 nitrogen and oxygen atoms in total. The topological polar surface area (TPSA) is 642 Å². The van der Waals surface area contributed by atoms with Crippen LogP contribution in [0.5, 0.6) is 11.5 Å². The van der Waals surface area contributed by atoms with Crippen LogP contribution in [0.2, 0.25) is 10.6 Å². The van der Waals surface area contributed by atoms with Crippen molar-refractivity contribution in [3.05, 3.63) is 137 Å². The average Bonchev–Trinajstić information content (AvgIpc) is 0.756. The summed E-state index contributed by atoms with van der Waals surface area (Å²) in [4.78, 5) is 16.8. The lowest BCUT2D eigenvalue weighted by Crippen LogP contribution is -2.20. The van der Waals surface area contributed by atoms with E-state index in [2.05, 4.69) is 66.3 Å². The molecule has 0 amide bonds. The number of phenolic OH excluding ortho intramolecular Hbond substituents is 2. The zero-order chi connectivity index (χ0) is 76.1. The summed E-state index contributed by atoms with van der Waals surface area (Å²) in [6.45, 7) is -0.0989. The molecular weight excluding hydrogens is 1590 g/mol. The Morgan fingerprint density at radius 2 is 0.740 bits per heavy atom. The number of nitrogens with one attached hydrogen (secondary N) is 3. The molecule has 0 aliphatic rings. The van der Waals surface area contributed by atoms with Crippen LogP contribution in [0.3, 0.4) is 0 Å². The van der Waals surface area contributed by atoms with E-state index >= 15 is 0 Å². The van der Waals surface area contributed by atoms with Gasteiger partial charge in [-0.3, -0.25) is 36.4 Å². The number of hydrogen-bond donors (Lipinski definition) is 13. The van der Waals surface area contributed by atoms with E-state index in [1.807, 2.05) is 0 Å². The van der Waals surface area contributed by atoms with Crippen LogP contribution in [0.1, 0.15) is 5.56 Å². The number of nitrogens with zero attached hydrogens (tertiary/aromatic N) is 11. The molecule has 0 atom stereocenters. The van der Waals surface area contributed by atoms with Crippen LogP contribution in [0.25, 0.3) is 43.1 Å². The second kappa shape index (κ2) is 26.9. The summed E-state index contributed by atoms with van der Waals surface area (Å²) in [5.41, 5.74) is -4.59. The van der Waals surface area contributed by atoms with Crippen LogP contribution >= 0.6 is 23.2 Å². The zero-order valence-corrected chi connectivity index (χ0v) is 58.7. The van der Waals surface area contributed by atoms with Crippen LogP contribution in [0.4, 0.5) is 63.6 Å². The molecule has 0 saturated heterocycles. The fourth-order valence-electron chi connectivity index (χ4n) is 10.6. The summed E-state index contributed by atoms with van der Waals surface area (Å²) in [6.07, 6.45) is 0. The van der Waals surface area contributed by atoms with Gasteiger partial charge in [-0.05, 0) is 102 Å². The Balaban J connectivity index is 0.859. The highest BCUT2D eigenvalue weighted by Crippen LogP contribution is 2.49. The first-order valence-electron chi connectivity index (χ1n) is 27.5. The maximum atomic E-state index is 13.2. The van der Waals surface area contributed by atoms with Gasteiger partial charge in [0.25, 0.3) is 80.9 Å². The number of phenols is 2. The Hall–Kier alpha value is -10.1. The van der Waals surface area contributed by atoms with Gasteiger partial charge in [-0.25, -0.2) is 0 Å². The third kappa shape index (κ3) is 15.4. The van der Waals surface area contributed by atoms with Gasteiger partial charge < -0.3 is 31.1 Å². The first kappa shape index (κ1) is 75.1. The average molecular weight is 1630 g/mol. The van der Waals surface area contributed by atoms with Gasteiger partial charge in [0.15, 0.2) is 11.5 Å². The minimum atomic E-state index is -5.62. The molecule has 0 radical (unpaired) electrons. The molecule has 542 valence electrons. The number of anilines is 7. The van der Waals surface area contributed by atoms with Crippen LogP contribution < -0.4 is 20.9 Å². The number of halogens is 2. The number of rotatable bonds is 21. The van der Waals surface area contributed by atoms with E-state index in [0.717, 1.165) is 84.9 Å². The van der Waals surface area contributed by atoms with Crippen molar-refractivity contribution >= 4 is 211 Å². The summed E-state index contributed by atoms with van der Waals surface area (Å²) in [6, 6.07) is 19.9. The zero-order valence-electron chi connectivity index (χ0n) is 50.7. The molecule has 104 heavy (non-hydrogen) atoms. The Morgan fingerprint density at radius 1 is 0.365 bits per heavy atom. The molecule has 0 bridgehead atoms. The summed E-state index contributed by atoms with van der Waals surface area (Å²) in [7, 11) is -41.7. The highest BCUT2D eigenvalue weighted by Gasteiger charge is 2.33. The van der Waals surface area contributed by atoms with Crippen molar-refractivity contribution < 1.29 is 114 Å². The summed E-state index contributed by atoms with van der Waals surface area (Å²) in [5, 5.41) is 39.5. The number of aromatic nitrogens is 6. The van der Waals surface area contributed by atoms with Gasteiger partial charge in [0.1, 0.15) is 61.9 Å². The van der Waals surface area contributed by atoms with E-state index in [-0.39, 0.29) is 24.1 Å². The second-order valence-corrected chi connectivity index (χ2v) is 33.0. The third-order valence-corrected chi connectivity index (χ3v) is 22.3. The number of hydrogen-bond acceptors (Lipinski definition) is 32. The third-order valence-electron chi connectivity index (χ3n) is 14.6. The van der Waals surface area contributed by atoms with Crippen molar-refractivity contribution in [2.45, 2.75) is 45.7 Å². The Labute approximate surface area is 593 Å². The van der Waals surface area contributed by atoms with E-state index in [1.165, 1.54) is 30.1 Å². The highest BCUT2D eigenvalue weighted by atomic mass is 35.5. The number of aromatic hydroxyl groups is 2. The maximum Gasteiger partial charge on any atom is 0.297 e. The lowest BCUT2D eigenvalue weighted by atomic mass is 10.1. The largest absolute Gasteiger partial charge is 0.505 e. The number of benzene rings is 9. The van der Waals surface area contributed by atoms with Crippen molar-refractivity contribution in [3.63, 3.8) is 0 Å². The van der Waals surface area contributed by atoms with E-state index in [1.54, 1.807) is 6.07 Å². The monoisotopic (exact) mass is 1620 g/mol. The SMILES string of the molecule is CN(Cc1cccc(Nc2nc(Cl)nc(Nc3ccc4c(O)c(N=Nc5ccc6c(S(=O)(=O)O)cccc6c5S(=O)(=O)O)c(S(=O)(=O)O)cc4c3S(=O)(=O)O)n2)c1)c1nc(Cl)nc(Nc2ccc3c(O)c(N=Nc4ccc5c(S(=O)(=O)O)cccc5c4S(=O)(=O)O)c(S(=O)(=O)O)cc3c2S(=O)(=O)O)n1. The minimum Gasteiger partial charge on any atom is -0.505 e. The summed E-state index contributed by atoms with van der Waals surface area (Å²) in [5.74, 6) is -4.20. The van der Waals surface area contributed by atoms with Crippen molar-refractivity contribution in [2.24, 2.45) is 20.5 Å². The standard InChI is InChI=1S/C54H38Cl2N14O26S8/c1-70(54-63-50(56)62-53(65-54)59-34-16-14-28-32(48(34)104(94,95)96)21-40(100(82,83)84)42(44(28)72)69-67-36-18-12-26-30(46(36)102(88,89)90)8-4-10-38(26)98(76,77)78)22-23-5-2-6-24(19-23)57-51-60-49(55)61-52(64-51)58-33-15-13-27-31(47(33)103(91,92)93)20-39(99(79,80)81)41(43(27)71)68-66-35-17-11-25-29(45(35)101(85,86)87)7-3-9-37(25)97(73,74)75/h2-21,71-72H,22H2,1H3,(H,73,74,75)(H,76,77,78)(H,79,80,81)(H,82,83,84)(H,85,86,87)(H,88,89,90)(H,91,92,93)(H,94,95,96)(H,59,62,63,65)(H2,57,58,60,61,64). The first-order valence-corrected chi connectivity index (χ1v) is 39.8. The molecule has 11 rings (SSSR count). The molecule has 13 N–H and O–H groups in total. The number of fused-ring (bicyclic) bond motifs is 4. The van der Waals surface area contributed by atoms with E-state index in [9.17, 15) is 114 Å². The molecule has 0 unspecified atom stereocenters. The smallest absolute Gasteiger partial charge is 0.297 e. The Kier molecular flexibility index (Phi) is 19.4. The van der Waals surface area contributed by atoms with E-state index in [0.29, 0.717) is 17.7 Å². The minimum absolute atomic E-state index is 0.0989. The molecular formula is C54H38Cl2N14O26S8. The van der Waals surface area contributed by atoms with Crippen LogP contribution in [-0.2, 0) is 87.5 Å². The Bertz CT molecular complexity index is 6650. The predicted octanol–water partition coefficient (Wildman–Crippen LogP) is 9.06. The van der Waals surface area contributed by atoms with Crippen LogP contribution in [0, 0.1) is 0 Å². The van der Waals surface area contributed by atoms with Crippen molar-refractivity contribution in [1.29, 1.82) is 0 Å². The van der Waals surface area contributed by atoms with Gasteiger partial charge >= 0.3 is 0 Å². The number of azo groups is 2. The van der Waals surface area contributed by atoms with Gasteiger partial charge in [-0.2, -0.15) is 97.2 Å². The molecule has 11 aromatic rings.